The molecular formula is C15H17NO4. The molecule has 0 spiro atoms. The molecule has 1 aromatic rings. The maximum atomic E-state index is 12.0. The highest BCUT2D eigenvalue weighted by Gasteiger charge is 2.37. The molecule has 0 radical (unpaired) electrons. The summed E-state index contributed by atoms with van der Waals surface area (Å²) in [6, 6.07) is 8.41. The van der Waals surface area contributed by atoms with Gasteiger partial charge in [-0.1, -0.05) is 30.3 Å². The molecule has 0 unspecified atom stereocenters. The van der Waals surface area contributed by atoms with Crippen molar-refractivity contribution in [3.05, 3.63) is 35.9 Å². The maximum Gasteiger partial charge on any atom is 0.329 e. The Hall–Kier alpha value is -2.17. The molecule has 1 heterocycles. The Morgan fingerprint density at radius 2 is 1.80 bits per heavy atom. The van der Waals surface area contributed by atoms with Crippen LogP contribution in [0.2, 0.25) is 0 Å². The average Bonchev–Trinajstić information content (AvgIpc) is 2.46. The second-order valence-electron chi connectivity index (χ2n) is 4.74. The third kappa shape index (κ3) is 3.04. The van der Waals surface area contributed by atoms with E-state index in [1.807, 2.05) is 30.3 Å². The zero-order valence-corrected chi connectivity index (χ0v) is 11.4. The van der Waals surface area contributed by atoms with Crippen LogP contribution in [-0.2, 0) is 25.5 Å². The van der Waals surface area contributed by atoms with Crippen molar-refractivity contribution < 1.29 is 19.1 Å². The highest BCUT2D eigenvalue weighted by atomic mass is 16.5. The Balaban J connectivity index is 2.25. The van der Waals surface area contributed by atoms with E-state index in [1.54, 1.807) is 0 Å². The Kier molecular flexibility index (Phi) is 4.50. The number of hydrogen-bond donors (Lipinski definition) is 0. The lowest BCUT2D eigenvalue weighted by Crippen LogP contribution is -2.51. The third-order valence-corrected chi connectivity index (χ3v) is 3.38. The second kappa shape index (κ2) is 6.32. The SMILES string of the molecule is COC(=O)[C@H](Cc1ccccc1)N1C(=O)CCCC1=O. The summed E-state index contributed by atoms with van der Waals surface area (Å²) in [5.74, 6) is -1.15. The first kappa shape index (κ1) is 14.2. The number of amides is 2. The topological polar surface area (TPSA) is 63.7 Å². The first-order valence-corrected chi connectivity index (χ1v) is 6.60. The van der Waals surface area contributed by atoms with E-state index in [-0.39, 0.29) is 18.2 Å². The van der Waals surface area contributed by atoms with Crippen molar-refractivity contribution in [3.63, 3.8) is 0 Å². The van der Waals surface area contributed by atoms with Crippen LogP contribution in [-0.4, -0.2) is 35.8 Å². The van der Waals surface area contributed by atoms with Gasteiger partial charge in [0.1, 0.15) is 6.04 Å². The number of piperidine rings is 1. The fourth-order valence-corrected chi connectivity index (χ4v) is 2.37. The quantitative estimate of drug-likeness (QED) is 0.614. The van der Waals surface area contributed by atoms with E-state index in [9.17, 15) is 14.4 Å². The van der Waals surface area contributed by atoms with Crippen molar-refractivity contribution in [2.75, 3.05) is 7.11 Å². The lowest BCUT2D eigenvalue weighted by Gasteiger charge is -2.31. The number of esters is 1. The zero-order valence-electron chi connectivity index (χ0n) is 11.4. The number of imide groups is 1. The molecule has 0 aromatic heterocycles. The van der Waals surface area contributed by atoms with Crippen LogP contribution < -0.4 is 0 Å². The third-order valence-electron chi connectivity index (χ3n) is 3.38. The Bertz CT molecular complexity index is 496. The maximum absolute atomic E-state index is 12.0. The Labute approximate surface area is 117 Å². The molecule has 0 saturated carbocycles. The number of carbonyl (C=O) groups excluding carboxylic acids is 3. The first-order valence-electron chi connectivity index (χ1n) is 6.60. The zero-order chi connectivity index (χ0) is 14.5. The molecule has 1 saturated heterocycles. The van der Waals surface area contributed by atoms with E-state index in [2.05, 4.69) is 0 Å². The van der Waals surface area contributed by atoms with Crippen molar-refractivity contribution >= 4 is 17.8 Å². The monoisotopic (exact) mass is 275 g/mol. The molecular weight excluding hydrogens is 258 g/mol. The van der Waals surface area contributed by atoms with Gasteiger partial charge in [-0.3, -0.25) is 14.5 Å². The van der Waals surface area contributed by atoms with Gasteiger partial charge in [-0.25, -0.2) is 4.79 Å². The fraction of sp³-hybridized carbons (Fsp3) is 0.400. The summed E-state index contributed by atoms with van der Waals surface area (Å²) in [7, 11) is 1.26. The molecule has 1 atom stereocenters. The number of benzene rings is 1. The molecule has 0 N–H and O–H groups in total. The molecule has 5 nitrogen and oxygen atoms in total. The predicted molar refractivity (Wildman–Crippen MR) is 71.7 cm³/mol. The van der Waals surface area contributed by atoms with Crippen LogP contribution in [0.25, 0.3) is 0 Å². The lowest BCUT2D eigenvalue weighted by molar-refractivity contribution is -0.161. The minimum Gasteiger partial charge on any atom is -0.467 e. The number of likely N-dealkylation sites (tertiary alicyclic amines) is 1. The standard InChI is InChI=1S/C15H17NO4/c1-20-15(19)12(10-11-6-3-2-4-7-11)16-13(17)8-5-9-14(16)18/h2-4,6-7,12H,5,8-10H2,1H3/t12-/m0/s1. The van der Waals surface area contributed by atoms with E-state index in [0.29, 0.717) is 19.3 Å². The Morgan fingerprint density at radius 3 is 2.35 bits per heavy atom. The van der Waals surface area contributed by atoms with Gasteiger partial charge >= 0.3 is 5.97 Å². The van der Waals surface area contributed by atoms with Crippen LogP contribution in [0.4, 0.5) is 0 Å². The minimum absolute atomic E-state index is 0.283. The minimum atomic E-state index is -0.873. The van der Waals surface area contributed by atoms with Gasteiger partial charge in [0, 0.05) is 19.3 Å². The molecule has 5 heteroatoms. The van der Waals surface area contributed by atoms with Gasteiger partial charge in [-0.05, 0) is 12.0 Å². The van der Waals surface area contributed by atoms with Gasteiger partial charge < -0.3 is 4.74 Å². The summed E-state index contributed by atoms with van der Waals surface area (Å²) in [5.41, 5.74) is 0.883. The molecule has 0 aliphatic carbocycles. The molecule has 1 aliphatic rings. The van der Waals surface area contributed by atoms with Crippen LogP contribution >= 0.6 is 0 Å². The van der Waals surface area contributed by atoms with Gasteiger partial charge in [0.2, 0.25) is 11.8 Å². The van der Waals surface area contributed by atoms with Crippen molar-refractivity contribution in [2.45, 2.75) is 31.7 Å². The summed E-state index contributed by atoms with van der Waals surface area (Å²) < 4.78 is 4.75. The predicted octanol–water partition coefficient (Wildman–Crippen LogP) is 1.31. The molecule has 106 valence electrons. The van der Waals surface area contributed by atoms with E-state index in [1.165, 1.54) is 7.11 Å². The summed E-state index contributed by atoms with van der Waals surface area (Å²) in [4.78, 5) is 36.9. The number of methoxy groups -OCH3 is 1. The van der Waals surface area contributed by atoms with Crippen LogP contribution in [0.3, 0.4) is 0 Å². The van der Waals surface area contributed by atoms with E-state index >= 15 is 0 Å². The average molecular weight is 275 g/mol. The molecule has 2 rings (SSSR count). The summed E-state index contributed by atoms with van der Waals surface area (Å²) >= 11 is 0. The molecule has 1 aromatic carbocycles. The van der Waals surface area contributed by atoms with Gasteiger partial charge in [-0.2, -0.15) is 0 Å². The lowest BCUT2D eigenvalue weighted by atomic mass is 10.0. The molecule has 20 heavy (non-hydrogen) atoms. The number of carbonyl (C=O) groups is 3. The van der Waals surface area contributed by atoms with Crippen LogP contribution in [0.5, 0.6) is 0 Å². The van der Waals surface area contributed by atoms with Gasteiger partial charge in [-0.15, -0.1) is 0 Å². The number of ether oxygens (including phenoxy) is 1. The molecule has 1 fully saturated rings. The molecule has 0 bridgehead atoms. The van der Waals surface area contributed by atoms with Gasteiger partial charge in [0.25, 0.3) is 0 Å². The second-order valence-corrected chi connectivity index (χ2v) is 4.74. The largest absolute Gasteiger partial charge is 0.467 e. The number of rotatable bonds is 4. The number of hydrogen-bond acceptors (Lipinski definition) is 4. The van der Waals surface area contributed by atoms with Crippen LogP contribution in [0, 0.1) is 0 Å². The summed E-state index contributed by atoms with van der Waals surface area (Å²) in [5, 5.41) is 0. The van der Waals surface area contributed by atoms with Crippen LogP contribution in [0.1, 0.15) is 24.8 Å². The van der Waals surface area contributed by atoms with Crippen molar-refractivity contribution in [1.29, 1.82) is 0 Å². The first-order chi connectivity index (χ1) is 9.63. The summed E-state index contributed by atoms with van der Waals surface area (Å²) in [6.07, 6.45) is 1.43. The fourth-order valence-electron chi connectivity index (χ4n) is 2.37. The Morgan fingerprint density at radius 1 is 1.20 bits per heavy atom. The van der Waals surface area contributed by atoms with E-state index in [4.69, 9.17) is 4.74 Å². The van der Waals surface area contributed by atoms with Gasteiger partial charge in [0.15, 0.2) is 0 Å². The highest BCUT2D eigenvalue weighted by molar-refractivity contribution is 6.01. The van der Waals surface area contributed by atoms with Crippen molar-refractivity contribution in [1.82, 2.24) is 4.90 Å². The normalized spacial score (nSPS) is 16.9. The smallest absolute Gasteiger partial charge is 0.329 e. The molecule has 2 amide bonds. The number of nitrogens with zero attached hydrogens (tertiary/aromatic N) is 1. The van der Waals surface area contributed by atoms with E-state index < -0.39 is 12.0 Å². The highest BCUT2D eigenvalue weighted by Crippen LogP contribution is 2.19. The van der Waals surface area contributed by atoms with E-state index in [0.717, 1.165) is 10.5 Å². The van der Waals surface area contributed by atoms with Crippen LogP contribution in [0.15, 0.2) is 30.3 Å². The van der Waals surface area contributed by atoms with Gasteiger partial charge in [0.05, 0.1) is 7.11 Å². The van der Waals surface area contributed by atoms with Crippen molar-refractivity contribution in [2.24, 2.45) is 0 Å². The molecule has 1 aliphatic heterocycles. The summed E-state index contributed by atoms with van der Waals surface area (Å²) in [6.45, 7) is 0. The van der Waals surface area contributed by atoms with Crippen molar-refractivity contribution in [3.8, 4) is 0 Å².